The second kappa shape index (κ2) is 4.81. The fraction of sp³-hybridized carbons (Fsp3) is 0.500. The molecule has 1 unspecified atom stereocenters. The Labute approximate surface area is 97.0 Å². The Morgan fingerprint density at radius 3 is 2.60 bits per heavy atom. The van der Waals surface area contributed by atoms with Crippen LogP contribution in [0.5, 0.6) is 0 Å². The number of halogens is 1. The standard InChI is InChI=1S/C10H13BrO4/c1-13-8-6-10(15-3,9(12)14-2)5-4-7(8)11/h4-5H,6H2,1-3H3. The number of hydrogen-bond acceptors (Lipinski definition) is 4. The number of carbonyl (C=O) groups excluding carboxylic acids is 1. The number of carbonyl (C=O) groups is 1. The van der Waals surface area contributed by atoms with E-state index in [1.165, 1.54) is 14.2 Å². The van der Waals surface area contributed by atoms with Crippen molar-refractivity contribution in [1.29, 1.82) is 0 Å². The van der Waals surface area contributed by atoms with Crippen molar-refractivity contribution < 1.29 is 19.0 Å². The monoisotopic (exact) mass is 276 g/mol. The summed E-state index contributed by atoms with van der Waals surface area (Å²) in [5.41, 5.74) is -1.07. The lowest BCUT2D eigenvalue weighted by molar-refractivity contribution is -0.160. The van der Waals surface area contributed by atoms with Crippen LogP contribution < -0.4 is 0 Å². The van der Waals surface area contributed by atoms with Crippen molar-refractivity contribution in [1.82, 2.24) is 0 Å². The number of ether oxygens (including phenoxy) is 3. The first-order valence-electron chi connectivity index (χ1n) is 4.35. The fourth-order valence-electron chi connectivity index (χ4n) is 1.39. The lowest BCUT2D eigenvalue weighted by atomic mass is 9.94. The van der Waals surface area contributed by atoms with Gasteiger partial charge in [-0.15, -0.1) is 0 Å². The largest absolute Gasteiger partial charge is 0.500 e. The first kappa shape index (κ1) is 12.3. The van der Waals surface area contributed by atoms with Crippen molar-refractivity contribution in [3.8, 4) is 0 Å². The van der Waals surface area contributed by atoms with Crippen LogP contribution >= 0.6 is 15.9 Å². The quantitative estimate of drug-likeness (QED) is 0.737. The molecule has 1 atom stereocenters. The van der Waals surface area contributed by atoms with Crippen LogP contribution in [0.1, 0.15) is 6.42 Å². The Morgan fingerprint density at radius 1 is 1.47 bits per heavy atom. The van der Waals surface area contributed by atoms with Gasteiger partial charge in [-0.1, -0.05) is 0 Å². The number of hydrogen-bond donors (Lipinski definition) is 0. The highest BCUT2D eigenvalue weighted by atomic mass is 79.9. The molecule has 0 radical (unpaired) electrons. The molecule has 0 aliphatic heterocycles. The Hall–Kier alpha value is -0.810. The van der Waals surface area contributed by atoms with E-state index in [1.807, 2.05) is 0 Å². The molecule has 0 saturated heterocycles. The molecule has 0 fully saturated rings. The lowest BCUT2D eigenvalue weighted by Crippen LogP contribution is -2.41. The van der Waals surface area contributed by atoms with Gasteiger partial charge in [0.2, 0.25) is 0 Å². The Bertz CT molecular complexity index is 321. The van der Waals surface area contributed by atoms with Crippen LogP contribution in [0.25, 0.3) is 0 Å². The van der Waals surface area contributed by atoms with Crippen LogP contribution in [0.4, 0.5) is 0 Å². The summed E-state index contributed by atoms with van der Waals surface area (Å²) in [6.45, 7) is 0. The van der Waals surface area contributed by atoms with E-state index in [9.17, 15) is 4.79 Å². The summed E-state index contributed by atoms with van der Waals surface area (Å²) in [5, 5.41) is 0. The number of esters is 1. The molecule has 0 saturated carbocycles. The predicted molar refractivity (Wildman–Crippen MR) is 58.5 cm³/mol. The molecule has 84 valence electrons. The van der Waals surface area contributed by atoms with E-state index in [4.69, 9.17) is 14.2 Å². The number of allylic oxidation sites excluding steroid dienone is 2. The van der Waals surface area contributed by atoms with Gasteiger partial charge in [0.05, 0.1) is 18.7 Å². The lowest BCUT2D eigenvalue weighted by Gasteiger charge is -2.29. The SMILES string of the molecule is COC(=O)C1(OC)C=CC(Br)=C(OC)C1. The number of methoxy groups -OCH3 is 3. The average Bonchev–Trinajstić information content (AvgIpc) is 2.29. The van der Waals surface area contributed by atoms with E-state index in [2.05, 4.69) is 15.9 Å². The second-order valence-electron chi connectivity index (χ2n) is 3.07. The molecular formula is C10H13BrO4. The Morgan fingerprint density at radius 2 is 2.13 bits per heavy atom. The highest BCUT2D eigenvalue weighted by Crippen LogP contribution is 2.33. The van der Waals surface area contributed by atoms with Crippen LogP contribution in [0.3, 0.4) is 0 Å². The van der Waals surface area contributed by atoms with E-state index in [-0.39, 0.29) is 0 Å². The molecule has 1 aliphatic rings. The predicted octanol–water partition coefficient (Wildman–Crippen LogP) is 1.76. The maximum atomic E-state index is 11.6. The molecular weight excluding hydrogens is 264 g/mol. The van der Waals surface area contributed by atoms with E-state index < -0.39 is 11.6 Å². The van der Waals surface area contributed by atoms with Crippen LogP contribution in [0.15, 0.2) is 22.4 Å². The van der Waals surface area contributed by atoms with Crippen LogP contribution in [-0.2, 0) is 19.0 Å². The summed E-state index contributed by atoms with van der Waals surface area (Å²) in [4.78, 5) is 11.6. The first-order valence-corrected chi connectivity index (χ1v) is 5.14. The van der Waals surface area contributed by atoms with Gasteiger partial charge in [-0.25, -0.2) is 4.79 Å². The zero-order valence-corrected chi connectivity index (χ0v) is 10.5. The van der Waals surface area contributed by atoms with Gasteiger partial charge in [0.1, 0.15) is 5.76 Å². The minimum Gasteiger partial charge on any atom is -0.500 e. The molecule has 0 aromatic heterocycles. The third-order valence-electron chi connectivity index (χ3n) is 2.33. The van der Waals surface area contributed by atoms with Crippen LogP contribution in [0.2, 0.25) is 0 Å². The van der Waals surface area contributed by atoms with Crippen molar-refractivity contribution in [3.05, 3.63) is 22.4 Å². The van der Waals surface area contributed by atoms with Gasteiger partial charge in [0.15, 0.2) is 5.60 Å². The summed E-state index contributed by atoms with van der Waals surface area (Å²) >= 11 is 3.33. The smallest absolute Gasteiger partial charge is 0.342 e. The molecule has 0 heterocycles. The molecule has 0 aromatic rings. The highest BCUT2D eigenvalue weighted by molar-refractivity contribution is 9.11. The first-order chi connectivity index (χ1) is 7.09. The minimum absolute atomic E-state index is 0.323. The van der Waals surface area contributed by atoms with E-state index in [1.54, 1.807) is 19.3 Å². The summed E-state index contributed by atoms with van der Waals surface area (Å²) in [7, 11) is 4.35. The van der Waals surface area contributed by atoms with Crippen molar-refractivity contribution in [2.45, 2.75) is 12.0 Å². The second-order valence-corrected chi connectivity index (χ2v) is 3.92. The zero-order chi connectivity index (χ0) is 11.5. The van der Waals surface area contributed by atoms with E-state index >= 15 is 0 Å². The van der Waals surface area contributed by atoms with Gasteiger partial charge in [-0.2, -0.15) is 0 Å². The Balaban J connectivity index is 3.00. The van der Waals surface area contributed by atoms with Crippen LogP contribution in [0, 0.1) is 0 Å². The van der Waals surface area contributed by atoms with E-state index in [0.717, 1.165) is 4.48 Å². The van der Waals surface area contributed by atoms with Gasteiger partial charge in [-0.3, -0.25) is 0 Å². The molecule has 15 heavy (non-hydrogen) atoms. The fourth-order valence-corrected chi connectivity index (χ4v) is 1.82. The van der Waals surface area contributed by atoms with Crippen molar-refractivity contribution in [2.75, 3.05) is 21.3 Å². The molecule has 0 N–H and O–H groups in total. The maximum Gasteiger partial charge on any atom is 0.342 e. The minimum atomic E-state index is -1.07. The molecule has 4 nitrogen and oxygen atoms in total. The molecule has 5 heteroatoms. The topological polar surface area (TPSA) is 44.8 Å². The highest BCUT2D eigenvalue weighted by Gasteiger charge is 2.41. The van der Waals surface area contributed by atoms with Gasteiger partial charge < -0.3 is 14.2 Å². The molecule has 0 spiro atoms. The molecule has 1 rings (SSSR count). The summed E-state index contributed by atoms with van der Waals surface area (Å²) < 4.78 is 15.9. The number of rotatable bonds is 3. The molecule has 0 bridgehead atoms. The average molecular weight is 277 g/mol. The van der Waals surface area contributed by atoms with Gasteiger partial charge in [-0.05, 0) is 28.1 Å². The molecule has 0 amide bonds. The van der Waals surface area contributed by atoms with Gasteiger partial charge >= 0.3 is 5.97 Å². The third-order valence-corrected chi connectivity index (χ3v) is 3.04. The normalized spacial score (nSPS) is 25.3. The molecule has 1 aliphatic carbocycles. The van der Waals surface area contributed by atoms with Crippen molar-refractivity contribution in [3.63, 3.8) is 0 Å². The molecule has 0 aromatic carbocycles. The summed E-state index contributed by atoms with van der Waals surface area (Å²) in [6.07, 6.45) is 3.71. The Kier molecular flexibility index (Phi) is 3.93. The van der Waals surface area contributed by atoms with Gasteiger partial charge in [0, 0.05) is 13.5 Å². The van der Waals surface area contributed by atoms with Crippen molar-refractivity contribution in [2.24, 2.45) is 0 Å². The van der Waals surface area contributed by atoms with Gasteiger partial charge in [0.25, 0.3) is 0 Å². The van der Waals surface area contributed by atoms with E-state index in [0.29, 0.717) is 12.2 Å². The zero-order valence-electron chi connectivity index (χ0n) is 8.87. The summed E-state index contributed by atoms with van der Waals surface area (Å²) in [5.74, 6) is 0.223. The van der Waals surface area contributed by atoms with Crippen molar-refractivity contribution >= 4 is 21.9 Å². The van der Waals surface area contributed by atoms with Crippen LogP contribution in [-0.4, -0.2) is 32.9 Å². The third kappa shape index (κ3) is 2.23. The maximum absolute atomic E-state index is 11.6. The summed E-state index contributed by atoms with van der Waals surface area (Å²) in [6, 6.07) is 0.